The number of rotatable bonds is 4. The van der Waals surface area contributed by atoms with E-state index in [0.717, 1.165) is 5.56 Å². The van der Waals surface area contributed by atoms with E-state index >= 15 is 0 Å². The van der Waals surface area contributed by atoms with Crippen LogP contribution in [0.5, 0.6) is 0 Å². The number of halogens is 3. The SMILES string of the molecule is O=C(c1cc(Cl)ccc1Cl)N(Cc1ccccc1)c1nc2c(F)cccc2s1. The maximum absolute atomic E-state index is 14.1. The van der Waals surface area contributed by atoms with Gasteiger partial charge in [-0.3, -0.25) is 9.69 Å². The van der Waals surface area contributed by atoms with Gasteiger partial charge in [0.2, 0.25) is 0 Å². The predicted molar refractivity (Wildman–Crippen MR) is 113 cm³/mol. The second-order valence-corrected chi connectivity index (χ2v) is 7.94. The molecule has 7 heteroatoms. The molecule has 0 radical (unpaired) electrons. The number of carbonyl (C=O) groups is 1. The Kier molecular flexibility index (Phi) is 5.31. The fraction of sp³-hybridized carbons (Fsp3) is 0.0476. The summed E-state index contributed by atoms with van der Waals surface area (Å²) in [6.45, 7) is 0.268. The average Bonchev–Trinajstić information content (AvgIpc) is 3.14. The summed E-state index contributed by atoms with van der Waals surface area (Å²) in [5.74, 6) is -0.774. The van der Waals surface area contributed by atoms with Gasteiger partial charge in [-0.15, -0.1) is 0 Å². The van der Waals surface area contributed by atoms with Gasteiger partial charge in [0.1, 0.15) is 11.3 Å². The monoisotopic (exact) mass is 430 g/mol. The molecule has 0 spiro atoms. The number of benzene rings is 3. The van der Waals surface area contributed by atoms with Gasteiger partial charge in [-0.1, -0.05) is 70.9 Å². The number of fused-ring (bicyclic) bond motifs is 1. The van der Waals surface area contributed by atoms with Gasteiger partial charge in [0.25, 0.3) is 5.91 Å². The summed E-state index contributed by atoms with van der Waals surface area (Å²) >= 11 is 13.6. The summed E-state index contributed by atoms with van der Waals surface area (Å²) in [4.78, 5) is 19.2. The number of anilines is 1. The van der Waals surface area contributed by atoms with E-state index < -0.39 is 5.82 Å². The van der Waals surface area contributed by atoms with Crippen LogP contribution < -0.4 is 4.90 Å². The van der Waals surface area contributed by atoms with Crippen LogP contribution in [0.4, 0.5) is 9.52 Å². The molecule has 140 valence electrons. The third-order valence-electron chi connectivity index (χ3n) is 4.18. The molecule has 0 saturated heterocycles. The Morgan fingerprint density at radius 1 is 1.04 bits per heavy atom. The minimum Gasteiger partial charge on any atom is -0.279 e. The van der Waals surface area contributed by atoms with E-state index in [1.54, 1.807) is 24.3 Å². The summed E-state index contributed by atoms with van der Waals surface area (Å²) < 4.78 is 14.8. The van der Waals surface area contributed by atoms with Crippen molar-refractivity contribution in [1.29, 1.82) is 0 Å². The standard InChI is InChI=1S/C21H13Cl2FN2OS/c22-14-9-10-16(23)15(11-14)20(27)26(12-13-5-2-1-3-6-13)21-25-19-17(24)7-4-8-18(19)28-21/h1-11H,12H2. The first kappa shape index (κ1) is 18.9. The van der Waals surface area contributed by atoms with Crippen molar-refractivity contribution >= 4 is 55.8 Å². The van der Waals surface area contributed by atoms with Crippen LogP contribution >= 0.6 is 34.5 Å². The van der Waals surface area contributed by atoms with Crippen molar-refractivity contribution in [2.24, 2.45) is 0 Å². The number of carbonyl (C=O) groups excluding carboxylic acids is 1. The van der Waals surface area contributed by atoms with Crippen molar-refractivity contribution in [3.05, 3.63) is 93.7 Å². The van der Waals surface area contributed by atoms with Crippen molar-refractivity contribution in [2.75, 3.05) is 4.90 Å². The molecule has 0 aliphatic carbocycles. The van der Waals surface area contributed by atoms with Gasteiger partial charge in [0, 0.05) is 5.02 Å². The summed E-state index contributed by atoms with van der Waals surface area (Å²) in [5, 5.41) is 1.09. The quantitative estimate of drug-likeness (QED) is 0.365. The third-order valence-corrected chi connectivity index (χ3v) is 5.79. The van der Waals surface area contributed by atoms with Crippen molar-refractivity contribution in [3.63, 3.8) is 0 Å². The van der Waals surface area contributed by atoms with Crippen LogP contribution in [0.15, 0.2) is 66.7 Å². The van der Waals surface area contributed by atoms with Gasteiger partial charge < -0.3 is 0 Å². The largest absolute Gasteiger partial charge is 0.279 e. The topological polar surface area (TPSA) is 33.2 Å². The number of aromatic nitrogens is 1. The number of thiazole rings is 1. The van der Waals surface area contributed by atoms with Gasteiger partial charge in [0.15, 0.2) is 5.13 Å². The first-order valence-electron chi connectivity index (χ1n) is 8.39. The summed E-state index contributed by atoms with van der Waals surface area (Å²) in [6, 6.07) is 19.0. The van der Waals surface area contributed by atoms with Crippen LogP contribution in [0.2, 0.25) is 10.0 Å². The minimum absolute atomic E-state index is 0.241. The Balaban J connectivity index is 1.82. The fourth-order valence-corrected chi connectivity index (χ4v) is 4.17. The van der Waals surface area contributed by atoms with Gasteiger partial charge in [-0.2, -0.15) is 0 Å². The van der Waals surface area contributed by atoms with Crippen LogP contribution in [-0.4, -0.2) is 10.9 Å². The molecule has 0 bridgehead atoms. The number of hydrogen-bond donors (Lipinski definition) is 0. The lowest BCUT2D eigenvalue weighted by atomic mass is 10.1. The van der Waals surface area contributed by atoms with Gasteiger partial charge in [-0.05, 0) is 35.9 Å². The van der Waals surface area contributed by atoms with E-state index in [2.05, 4.69) is 4.98 Å². The molecule has 1 amide bonds. The maximum Gasteiger partial charge on any atom is 0.261 e. The smallest absolute Gasteiger partial charge is 0.261 e. The Morgan fingerprint density at radius 2 is 1.82 bits per heavy atom. The van der Waals surface area contributed by atoms with E-state index in [4.69, 9.17) is 23.2 Å². The summed E-state index contributed by atoms with van der Waals surface area (Å²) in [5.41, 5.74) is 1.42. The van der Waals surface area contributed by atoms with E-state index in [1.807, 2.05) is 30.3 Å². The number of amides is 1. The molecule has 4 rings (SSSR count). The van der Waals surface area contributed by atoms with Crippen LogP contribution in [0.3, 0.4) is 0 Å². The molecule has 0 N–H and O–H groups in total. The van der Waals surface area contributed by atoms with Gasteiger partial charge in [0.05, 0.1) is 21.8 Å². The molecule has 1 heterocycles. The lowest BCUT2D eigenvalue weighted by Gasteiger charge is -2.21. The molecule has 3 nitrogen and oxygen atoms in total. The van der Waals surface area contributed by atoms with E-state index in [-0.39, 0.29) is 23.5 Å². The molecule has 1 aromatic heterocycles. The highest BCUT2D eigenvalue weighted by Crippen LogP contribution is 2.33. The third kappa shape index (κ3) is 3.74. The molecule has 3 aromatic carbocycles. The maximum atomic E-state index is 14.1. The fourth-order valence-electron chi connectivity index (χ4n) is 2.82. The molecule has 0 fully saturated rings. The number of nitrogens with zero attached hydrogens (tertiary/aromatic N) is 2. The average molecular weight is 431 g/mol. The van der Waals surface area contributed by atoms with Crippen molar-refractivity contribution < 1.29 is 9.18 Å². The number of hydrogen-bond acceptors (Lipinski definition) is 3. The van der Waals surface area contributed by atoms with Gasteiger partial charge in [-0.25, -0.2) is 9.37 Å². The normalized spacial score (nSPS) is 11.0. The summed E-state index contributed by atoms with van der Waals surface area (Å²) in [7, 11) is 0. The Bertz CT molecular complexity index is 1160. The molecular formula is C21H13Cl2FN2OS. The summed E-state index contributed by atoms with van der Waals surface area (Å²) in [6.07, 6.45) is 0. The van der Waals surface area contributed by atoms with Crippen LogP contribution in [0, 0.1) is 5.82 Å². The highest BCUT2D eigenvalue weighted by molar-refractivity contribution is 7.22. The van der Waals surface area contributed by atoms with E-state index in [1.165, 1.54) is 28.4 Å². The van der Waals surface area contributed by atoms with Crippen LogP contribution in [-0.2, 0) is 6.54 Å². The lowest BCUT2D eigenvalue weighted by Crippen LogP contribution is -2.30. The van der Waals surface area contributed by atoms with Gasteiger partial charge >= 0.3 is 0 Å². The first-order valence-corrected chi connectivity index (χ1v) is 9.96. The predicted octanol–water partition coefficient (Wildman–Crippen LogP) is 6.59. The molecular weight excluding hydrogens is 418 g/mol. The minimum atomic E-state index is -0.423. The molecule has 0 saturated carbocycles. The molecule has 0 aliphatic heterocycles. The highest BCUT2D eigenvalue weighted by atomic mass is 35.5. The van der Waals surface area contributed by atoms with Crippen LogP contribution in [0.25, 0.3) is 10.2 Å². The Hall–Kier alpha value is -2.47. The second kappa shape index (κ2) is 7.87. The van der Waals surface area contributed by atoms with Crippen molar-refractivity contribution in [1.82, 2.24) is 4.98 Å². The molecule has 0 unspecified atom stereocenters. The van der Waals surface area contributed by atoms with Crippen LogP contribution in [0.1, 0.15) is 15.9 Å². The zero-order chi connectivity index (χ0) is 19.7. The van der Waals surface area contributed by atoms with E-state index in [0.29, 0.717) is 19.9 Å². The van der Waals surface area contributed by atoms with Crippen molar-refractivity contribution in [3.8, 4) is 0 Å². The highest BCUT2D eigenvalue weighted by Gasteiger charge is 2.24. The molecule has 28 heavy (non-hydrogen) atoms. The molecule has 4 aromatic rings. The molecule has 0 aliphatic rings. The second-order valence-electron chi connectivity index (χ2n) is 6.08. The number of para-hydroxylation sites is 1. The molecule has 0 atom stereocenters. The zero-order valence-corrected chi connectivity index (χ0v) is 16.7. The van der Waals surface area contributed by atoms with Crippen molar-refractivity contribution in [2.45, 2.75) is 6.54 Å². The Morgan fingerprint density at radius 3 is 2.57 bits per heavy atom. The van der Waals surface area contributed by atoms with E-state index in [9.17, 15) is 9.18 Å². The first-order chi connectivity index (χ1) is 13.5. The lowest BCUT2D eigenvalue weighted by molar-refractivity contribution is 0.0985. The Labute approximate surface area is 175 Å². The zero-order valence-electron chi connectivity index (χ0n) is 14.4.